The molecule has 0 aliphatic heterocycles. The third kappa shape index (κ3) is 6.69. The van der Waals surface area contributed by atoms with Crippen LogP contribution in [0.5, 0.6) is 5.75 Å². The molecule has 0 radical (unpaired) electrons. The van der Waals surface area contributed by atoms with E-state index in [1.54, 1.807) is 18.0 Å². The summed E-state index contributed by atoms with van der Waals surface area (Å²) in [5.41, 5.74) is 1.89. The first-order valence-electron chi connectivity index (χ1n) is 9.50. The maximum absolute atomic E-state index is 12.5. The van der Waals surface area contributed by atoms with E-state index in [4.69, 9.17) is 9.15 Å². The first kappa shape index (κ1) is 21.0. The Morgan fingerprint density at radius 1 is 1.07 bits per heavy atom. The summed E-state index contributed by atoms with van der Waals surface area (Å²) in [5.74, 6) is 1.68. The molecule has 29 heavy (non-hydrogen) atoms. The van der Waals surface area contributed by atoms with Gasteiger partial charge >= 0.3 is 0 Å². The second-order valence-corrected chi connectivity index (χ2v) is 7.90. The molecule has 0 saturated heterocycles. The summed E-state index contributed by atoms with van der Waals surface area (Å²) in [4.78, 5) is 15.8. The number of benzene rings is 2. The molecule has 0 aliphatic rings. The van der Waals surface area contributed by atoms with Gasteiger partial charge in [0.05, 0.1) is 6.26 Å². The third-order valence-corrected chi connectivity index (χ3v) is 5.34. The highest BCUT2D eigenvalue weighted by molar-refractivity contribution is 7.98. The smallest absolute Gasteiger partial charge is 0.287 e. The van der Waals surface area contributed by atoms with Crippen LogP contribution >= 0.6 is 11.8 Å². The number of hydrogen-bond donors (Lipinski definition) is 1. The topological polar surface area (TPSA) is 54.7 Å². The maximum Gasteiger partial charge on any atom is 0.287 e. The van der Waals surface area contributed by atoms with Crippen LogP contribution in [-0.4, -0.2) is 38.1 Å². The zero-order chi connectivity index (χ0) is 20.5. The van der Waals surface area contributed by atoms with Crippen molar-refractivity contribution in [3.8, 4) is 5.75 Å². The normalized spacial score (nSPS) is 10.9. The van der Waals surface area contributed by atoms with Crippen molar-refractivity contribution >= 4 is 17.7 Å². The number of ether oxygens (including phenoxy) is 1. The van der Waals surface area contributed by atoms with E-state index in [0.717, 1.165) is 28.3 Å². The molecule has 0 unspecified atom stereocenters. The Hall–Kier alpha value is -2.70. The van der Waals surface area contributed by atoms with E-state index in [9.17, 15) is 4.79 Å². The molecular formula is C23H26N2O3S. The highest BCUT2D eigenvalue weighted by atomic mass is 32.2. The van der Waals surface area contributed by atoms with Gasteiger partial charge in [-0.3, -0.25) is 4.79 Å². The number of thioether (sulfide) groups is 1. The van der Waals surface area contributed by atoms with E-state index in [2.05, 4.69) is 22.3 Å². The molecule has 0 aliphatic carbocycles. The minimum Gasteiger partial charge on any atom is -0.492 e. The average Bonchev–Trinajstić information content (AvgIpc) is 3.21. The van der Waals surface area contributed by atoms with E-state index in [-0.39, 0.29) is 5.91 Å². The van der Waals surface area contributed by atoms with Crippen molar-refractivity contribution in [2.24, 2.45) is 0 Å². The van der Waals surface area contributed by atoms with Gasteiger partial charge in [0.1, 0.15) is 12.4 Å². The number of amides is 1. The van der Waals surface area contributed by atoms with Crippen LogP contribution < -0.4 is 10.1 Å². The van der Waals surface area contributed by atoms with Crippen LogP contribution in [-0.2, 0) is 12.3 Å². The van der Waals surface area contributed by atoms with Crippen LogP contribution in [0.2, 0.25) is 0 Å². The minimum atomic E-state index is -0.204. The number of hydrogen-bond acceptors (Lipinski definition) is 5. The van der Waals surface area contributed by atoms with E-state index >= 15 is 0 Å². The molecule has 3 aromatic rings. The fourth-order valence-corrected chi connectivity index (χ4v) is 3.54. The highest BCUT2D eigenvalue weighted by Crippen LogP contribution is 2.25. The SMILES string of the molecule is CN(C)CCOc1ccc(CNC(=O)c2occc2CSc2ccccc2)cc1. The molecule has 1 heterocycles. The summed E-state index contributed by atoms with van der Waals surface area (Å²) < 4.78 is 11.1. The van der Waals surface area contributed by atoms with Gasteiger partial charge in [0.25, 0.3) is 5.91 Å². The van der Waals surface area contributed by atoms with Crippen LogP contribution in [0.25, 0.3) is 0 Å². The molecule has 0 atom stereocenters. The fourth-order valence-electron chi connectivity index (χ4n) is 2.64. The monoisotopic (exact) mass is 410 g/mol. The summed E-state index contributed by atoms with van der Waals surface area (Å²) in [6.45, 7) is 1.94. The largest absolute Gasteiger partial charge is 0.492 e. The number of carbonyl (C=O) groups is 1. The second kappa shape index (κ2) is 10.7. The number of nitrogens with zero attached hydrogens (tertiary/aromatic N) is 1. The Morgan fingerprint density at radius 2 is 1.83 bits per heavy atom. The molecule has 1 aromatic heterocycles. The maximum atomic E-state index is 12.5. The van der Waals surface area contributed by atoms with Gasteiger partial charge in [-0.2, -0.15) is 0 Å². The molecule has 152 valence electrons. The molecule has 1 amide bonds. The summed E-state index contributed by atoms with van der Waals surface area (Å²) >= 11 is 1.68. The standard InChI is InChI=1S/C23H26N2O3S/c1-25(2)13-15-27-20-10-8-18(9-11-20)16-24-23(26)22-19(12-14-28-22)17-29-21-6-4-3-5-7-21/h3-12,14H,13,15-17H2,1-2H3,(H,24,26). The van der Waals surface area contributed by atoms with Gasteiger partial charge in [-0.05, 0) is 50.0 Å². The van der Waals surface area contributed by atoms with Gasteiger partial charge in [0, 0.05) is 29.3 Å². The molecule has 0 bridgehead atoms. The minimum absolute atomic E-state index is 0.204. The van der Waals surface area contributed by atoms with Crippen molar-refractivity contribution in [3.05, 3.63) is 83.8 Å². The van der Waals surface area contributed by atoms with Gasteiger partial charge in [-0.15, -0.1) is 11.8 Å². The number of furan rings is 1. The lowest BCUT2D eigenvalue weighted by Gasteiger charge is -2.11. The number of rotatable bonds is 10. The Kier molecular flexibility index (Phi) is 7.78. The van der Waals surface area contributed by atoms with Crippen molar-refractivity contribution < 1.29 is 13.9 Å². The molecule has 0 saturated carbocycles. The molecule has 5 nitrogen and oxygen atoms in total. The van der Waals surface area contributed by atoms with Gasteiger partial charge in [-0.25, -0.2) is 0 Å². The Morgan fingerprint density at radius 3 is 2.55 bits per heavy atom. The molecule has 1 N–H and O–H groups in total. The van der Waals surface area contributed by atoms with Gasteiger partial charge in [0.15, 0.2) is 5.76 Å². The molecule has 0 fully saturated rings. The number of carbonyl (C=O) groups excluding carboxylic acids is 1. The second-order valence-electron chi connectivity index (χ2n) is 6.86. The van der Waals surface area contributed by atoms with E-state index < -0.39 is 0 Å². The van der Waals surface area contributed by atoms with Gasteiger partial charge in [-0.1, -0.05) is 30.3 Å². The molecule has 0 spiro atoms. The quantitative estimate of drug-likeness (QED) is 0.501. The lowest BCUT2D eigenvalue weighted by Crippen LogP contribution is -2.23. The molecule has 2 aromatic carbocycles. The number of likely N-dealkylation sites (N-methyl/N-ethyl adjacent to an activating group) is 1. The third-order valence-electron chi connectivity index (χ3n) is 4.27. The van der Waals surface area contributed by atoms with Crippen LogP contribution in [0.3, 0.4) is 0 Å². The predicted molar refractivity (Wildman–Crippen MR) is 116 cm³/mol. The van der Waals surface area contributed by atoms with Gasteiger partial charge < -0.3 is 19.4 Å². The number of nitrogens with one attached hydrogen (secondary N) is 1. The van der Waals surface area contributed by atoms with Gasteiger partial charge in [0.2, 0.25) is 0 Å². The summed E-state index contributed by atoms with van der Waals surface area (Å²) in [6, 6.07) is 19.7. The van der Waals surface area contributed by atoms with Crippen LogP contribution in [0, 0.1) is 0 Å². The highest BCUT2D eigenvalue weighted by Gasteiger charge is 2.15. The average molecular weight is 411 g/mol. The molecule has 6 heteroatoms. The van der Waals surface area contributed by atoms with Crippen molar-refractivity contribution in [3.63, 3.8) is 0 Å². The first-order chi connectivity index (χ1) is 14.1. The molecular weight excluding hydrogens is 384 g/mol. The Labute approximate surface area is 176 Å². The van der Waals surface area contributed by atoms with E-state index in [0.29, 0.717) is 24.7 Å². The first-order valence-corrected chi connectivity index (χ1v) is 10.5. The van der Waals surface area contributed by atoms with Crippen molar-refractivity contribution in [1.82, 2.24) is 10.2 Å². The predicted octanol–water partition coefficient (Wildman–Crippen LogP) is 4.44. The summed E-state index contributed by atoms with van der Waals surface area (Å²) in [7, 11) is 4.03. The van der Waals surface area contributed by atoms with Crippen LogP contribution in [0.15, 0.2) is 76.2 Å². The van der Waals surface area contributed by atoms with E-state index in [1.165, 1.54) is 0 Å². The zero-order valence-electron chi connectivity index (χ0n) is 16.8. The lowest BCUT2D eigenvalue weighted by molar-refractivity contribution is 0.0922. The Balaban J connectivity index is 1.49. The lowest BCUT2D eigenvalue weighted by atomic mass is 10.2. The fraction of sp³-hybridized carbons (Fsp3) is 0.261. The van der Waals surface area contributed by atoms with Crippen LogP contribution in [0.1, 0.15) is 21.7 Å². The van der Waals surface area contributed by atoms with Crippen LogP contribution in [0.4, 0.5) is 0 Å². The summed E-state index contributed by atoms with van der Waals surface area (Å²) in [5, 5.41) is 2.93. The Bertz CT molecular complexity index is 892. The van der Waals surface area contributed by atoms with E-state index in [1.807, 2.05) is 62.6 Å². The molecule has 3 rings (SSSR count). The summed E-state index contributed by atoms with van der Waals surface area (Å²) in [6.07, 6.45) is 1.57. The zero-order valence-corrected chi connectivity index (χ0v) is 17.6. The van der Waals surface area contributed by atoms with Crippen molar-refractivity contribution in [1.29, 1.82) is 0 Å². The van der Waals surface area contributed by atoms with Crippen molar-refractivity contribution in [2.75, 3.05) is 27.2 Å². The van der Waals surface area contributed by atoms with Crippen molar-refractivity contribution in [2.45, 2.75) is 17.2 Å².